The van der Waals surface area contributed by atoms with Crippen LogP contribution in [0, 0.1) is 22.0 Å². The number of nitro groups is 1. The number of nitro benzene ring substituents is 1. The van der Waals surface area contributed by atoms with E-state index < -0.39 is 4.92 Å². The summed E-state index contributed by atoms with van der Waals surface area (Å²) in [6.07, 6.45) is -0.237. The number of carbonyl (C=O) groups excluding carboxylic acids is 1. The van der Waals surface area contributed by atoms with Crippen LogP contribution in [0.2, 0.25) is 0 Å². The number of hydrogen-bond acceptors (Lipinski definition) is 5. The van der Waals surface area contributed by atoms with Gasteiger partial charge in [-0.25, -0.2) is 0 Å². The minimum atomic E-state index is -0.439. The molecule has 4 rings (SSSR count). The normalized spacial score (nSPS) is 27.6. The molecule has 1 saturated heterocycles. The highest BCUT2D eigenvalue weighted by Gasteiger charge is 2.53. The van der Waals surface area contributed by atoms with Crippen molar-refractivity contribution < 1.29 is 14.5 Å². The molecule has 2 aromatic carbocycles. The molecule has 2 heterocycles. The number of benzene rings is 2. The molecule has 0 spiro atoms. The van der Waals surface area contributed by atoms with Gasteiger partial charge < -0.3 is 4.74 Å². The highest BCUT2D eigenvalue weighted by atomic mass is 16.6. The smallest absolute Gasteiger partial charge is 0.312 e. The summed E-state index contributed by atoms with van der Waals surface area (Å²) >= 11 is 0. The quantitative estimate of drug-likeness (QED) is 0.489. The molecule has 0 aliphatic carbocycles. The topological polar surface area (TPSA) is 81.8 Å². The largest absolute Gasteiger partial charge is 0.462 e. The maximum atomic E-state index is 12.4. The van der Waals surface area contributed by atoms with Gasteiger partial charge in [-0.15, -0.1) is 0 Å². The second-order valence-electron chi connectivity index (χ2n) is 6.37. The molecule has 0 aromatic heterocycles. The second-order valence-corrected chi connectivity index (χ2v) is 6.37. The Balaban J connectivity index is 1.77. The fraction of sp³-hybridized carbons (Fsp3) is 0.263. The monoisotopic (exact) mass is 336 g/mol. The highest BCUT2D eigenvalue weighted by Crippen LogP contribution is 2.47. The van der Waals surface area contributed by atoms with Crippen molar-refractivity contribution in [3.63, 3.8) is 0 Å². The maximum absolute atomic E-state index is 12.4. The molecule has 2 aliphatic rings. The third kappa shape index (κ3) is 2.50. The number of hydrogen-bond donors (Lipinski definition) is 0. The van der Waals surface area contributed by atoms with Crippen molar-refractivity contribution in [2.24, 2.45) is 16.8 Å². The van der Waals surface area contributed by atoms with Crippen LogP contribution in [-0.4, -0.2) is 22.7 Å². The summed E-state index contributed by atoms with van der Waals surface area (Å²) in [6.45, 7) is 1.89. The van der Waals surface area contributed by atoms with Crippen molar-refractivity contribution >= 4 is 17.4 Å². The molecule has 0 saturated carbocycles. The van der Waals surface area contributed by atoms with Gasteiger partial charge >= 0.3 is 5.97 Å². The zero-order valence-corrected chi connectivity index (χ0v) is 13.5. The maximum Gasteiger partial charge on any atom is 0.312 e. The first-order valence-electron chi connectivity index (χ1n) is 8.14. The number of non-ortho nitro benzene ring substituents is 1. The first-order valence-corrected chi connectivity index (χ1v) is 8.14. The highest BCUT2D eigenvalue weighted by molar-refractivity contribution is 6.07. The van der Waals surface area contributed by atoms with Gasteiger partial charge in [0.1, 0.15) is 6.10 Å². The average Bonchev–Trinajstić information content (AvgIpc) is 3.15. The summed E-state index contributed by atoms with van der Waals surface area (Å²) in [5.41, 5.74) is 2.66. The van der Waals surface area contributed by atoms with Gasteiger partial charge in [0, 0.05) is 12.1 Å². The molecular formula is C19H16N2O4. The van der Waals surface area contributed by atoms with Gasteiger partial charge in [0.05, 0.1) is 28.5 Å². The Labute approximate surface area is 144 Å². The molecule has 0 bridgehead atoms. The summed E-state index contributed by atoms with van der Waals surface area (Å²) in [4.78, 5) is 27.6. The van der Waals surface area contributed by atoms with Gasteiger partial charge in [-0.2, -0.15) is 0 Å². The van der Waals surface area contributed by atoms with E-state index in [2.05, 4.69) is 0 Å². The fourth-order valence-corrected chi connectivity index (χ4v) is 3.76. The predicted octanol–water partition coefficient (Wildman–Crippen LogP) is 3.32. The lowest BCUT2D eigenvalue weighted by Gasteiger charge is -2.15. The Morgan fingerprint density at radius 1 is 1.04 bits per heavy atom. The van der Waals surface area contributed by atoms with Crippen molar-refractivity contribution in [1.29, 1.82) is 0 Å². The number of fused-ring (bicyclic) bond motifs is 1. The summed E-state index contributed by atoms with van der Waals surface area (Å²) in [5, 5.41) is 10.9. The average molecular weight is 336 g/mol. The molecule has 126 valence electrons. The SMILES string of the molecule is C[C@@H]1OC(=O)[C@H]2[C@@H]1C(c1ccccc1)=N[C@H]2c1ccc([N+](=O)[O-])cc1. The third-order valence-corrected chi connectivity index (χ3v) is 4.92. The van der Waals surface area contributed by atoms with Crippen LogP contribution in [-0.2, 0) is 9.53 Å². The van der Waals surface area contributed by atoms with Gasteiger partial charge in [0.25, 0.3) is 5.69 Å². The lowest BCUT2D eigenvalue weighted by Crippen LogP contribution is -2.25. The van der Waals surface area contributed by atoms with Gasteiger partial charge in [0.2, 0.25) is 0 Å². The zero-order valence-electron chi connectivity index (χ0n) is 13.5. The van der Waals surface area contributed by atoms with Crippen LogP contribution in [0.4, 0.5) is 5.69 Å². The molecule has 0 unspecified atom stereocenters. The molecule has 1 fully saturated rings. The van der Waals surface area contributed by atoms with Crippen LogP contribution in [0.3, 0.4) is 0 Å². The van der Waals surface area contributed by atoms with E-state index in [0.717, 1.165) is 16.8 Å². The zero-order chi connectivity index (χ0) is 17.6. The molecule has 2 aliphatic heterocycles. The van der Waals surface area contributed by atoms with Crippen molar-refractivity contribution in [2.75, 3.05) is 0 Å². The number of cyclic esters (lactones) is 1. The Hall–Kier alpha value is -3.02. The summed E-state index contributed by atoms with van der Waals surface area (Å²) in [6, 6.07) is 15.6. The number of esters is 1. The first kappa shape index (κ1) is 15.5. The van der Waals surface area contributed by atoms with Crippen molar-refractivity contribution in [1.82, 2.24) is 0 Å². The molecular weight excluding hydrogens is 320 g/mol. The van der Waals surface area contributed by atoms with Crippen molar-refractivity contribution in [2.45, 2.75) is 19.1 Å². The van der Waals surface area contributed by atoms with E-state index in [9.17, 15) is 14.9 Å². The lowest BCUT2D eigenvalue weighted by atomic mass is 9.82. The Bertz CT molecular complexity index is 861. The van der Waals surface area contributed by atoms with Gasteiger partial charge in [-0.1, -0.05) is 42.5 Å². The van der Waals surface area contributed by atoms with Crippen LogP contribution in [0.15, 0.2) is 59.6 Å². The van der Waals surface area contributed by atoms with Gasteiger partial charge in [0.15, 0.2) is 0 Å². The minimum Gasteiger partial charge on any atom is -0.462 e. The number of nitrogens with zero attached hydrogens (tertiary/aromatic N) is 2. The van der Waals surface area contributed by atoms with Crippen molar-refractivity contribution in [3.8, 4) is 0 Å². The molecule has 6 heteroatoms. The van der Waals surface area contributed by atoms with E-state index in [-0.39, 0.29) is 35.6 Å². The molecule has 0 radical (unpaired) electrons. The second kappa shape index (κ2) is 5.81. The molecule has 2 aromatic rings. The minimum absolute atomic E-state index is 0.0212. The van der Waals surface area contributed by atoms with E-state index >= 15 is 0 Å². The fourth-order valence-electron chi connectivity index (χ4n) is 3.76. The molecule has 0 amide bonds. The van der Waals surface area contributed by atoms with Crippen LogP contribution >= 0.6 is 0 Å². The summed E-state index contributed by atoms with van der Waals surface area (Å²) in [7, 11) is 0. The molecule has 4 atom stereocenters. The van der Waals surface area contributed by atoms with E-state index in [1.807, 2.05) is 37.3 Å². The van der Waals surface area contributed by atoms with Gasteiger partial charge in [-0.3, -0.25) is 19.9 Å². The van der Waals surface area contributed by atoms with Gasteiger partial charge in [-0.05, 0) is 18.1 Å². The number of carbonyl (C=O) groups is 1. The predicted molar refractivity (Wildman–Crippen MR) is 91.4 cm³/mol. The number of rotatable bonds is 3. The Morgan fingerprint density at radius 2 is 1.72 bits per heavy atom. The van der Waals surface area contributed by atoms with E-state index in [1.165, 1.54) is 12.1 Å². The standard InChI is InChI=1S/C19H16N2O4/c1-11-15-16(19(22)25-11)18(13-7-9-14(10-8-13)21(23)24)20-17(15)12-5-3-2-4-6-12/h2-11,15-16,18H,1H3/t11-,15+,16-,18-/m0/s1. The summed E-state index contributed by atoms with van der Waals surface area (Å²) < 4.78 is 5.47. The van der Waals surface area contributed by atoms with Crippen LogP contribution in [0.25, 0.3) is 0 Å². The van der Waals surface area contributed by atoms with Crippen LogP contribution < -0.4 is 0 Å². The molecule has 6 nitrogen and oxygen atoms in total. The summed E-state index contributed by atoms with van der Waals surface area (Å²) in [5.74, 6) is -0.739. The van der Waals surface area contributed by atoms with Crippen LogP contribution in [0.1, 0.15) is 24.1 Å². The Kier molecular flexibility index (Phi) is 3.60. The third-order valence-electron chi connectivity index (χ3n) is 4.92. The molecule has 0 N–H and O–H groups in total. The van der Waals surface area contributed by atoms with Crippen LogP contribution in [0.5, 0.6) is 0 Å². The van der Waals surface area contributed by atoms with E-state index in [0.29, 0.717) is 0 Å². The number of aliphatic imine (C=N–C) groups is 1. The first-order chi connectivity index (χ1) is 12.1. The van der Waals surface area contributed by atoms with Crippen molar-refractivity contribution in [3.05, 3.63) is 75.8 Å². The number of ether oxygens (including phenoxy) is 1. The molecule has 25 heavy (non-hydrogen) atoms. The Morgan fingerprint density at radius 3 is 2.36 bits per heavy atom. The van der Waals surface area contributed by atoms with E-state index in [4.69, 9.17) is 9.73 Å². The lowest BCUT2D eigenvalue weighted by molar-refractivity contribution is -0.384. The van der Waals surface area contributed by atoms with E-state index in [1.54, 1.807) is 12.1 Å².